The number of aryl methyl sites for hydroxylation is 1. The summed E-state index contributed by atoms with van der Waals surface area (Å²) < 4.78 is 44.2. The summed E-state index contributed by atoms with van der Waals surface area (Å²) in [6, 6.07) is 16.3. The highest BCUT2D eigenvalue weighted by Gasteiger charge is 2.31. The summed E-state index contributed by atoms with van der Waals surface area (Å²) in [4.78, 5) is 14.6. The Labute approximate surface area is 179 Å². The van der Waals surface area contributed by atoms with Crippen molar-refractivity contribution in [2.75, 3.05) is 0 Å². The first-order chi connectivity index (χ1) is 14.8. The molecule has 4 rings (SSSR count). The van der Waals surface area contributed by atoms with E-state index in [0.29, 0.717) is 5.69 Å². The van der Waals surface area contributed by atoms with Crippen molar-refractivity contribution in [1.29, 1.82) is 0 Å². The zero-order valence-electron chi connectivity index (χ0n) is 16.2. The maximum absolute atomic E-state index is 12.9. The van der Waals surface area contributed by atoms with Crippen LogP contribution in [-0.2, 0) is 7.05 Å². The molecular formula is C22H16F3N3O2S. The van der Waals surface area contributed by atoms with E-state index < -0.39 is 6.36 Å². The van der Waals surface area contributed by atoms with Gasteiger partial charge in [-0.05, 0) is 36.4 Å². The highest BCUT2D eigenvalue weighted by molar-refractivity contribution is 7.99. The molecule has 0 unspecified atom stereocenters. The van der Waals surface area contributed by atoms with E-state index in [4.69, 9.17) is 0 Å². The molecule has 0 amide bonds. The number of rotatable bonds is 5. The largest absolute Gasteiger partial charge is 0.573 e. The molecule has 9 heteroatoms. The van der Waals surface area contributed by atoms with E-state index in [1.807, 2.05) is 36.5 Å². The quantitative estimate of drug-likeness (QED) is 0.421. The van der Waals surface area contributed by atoms with Crippen LogP contribution in [0, 0.1) is 0 Å². The van der Waals surface area contributed by atoms with Crippen LogP contribution < -0.4 is 10.3 Å². The van der Waals surface area contributed by atoms with Gasteiger partial charge in [-0.1, -0.05) is 30.0 Å². The topological polar surface area (TPSA) is 49.0 Å². The van der Waals surface area contributed by atoms with E-state index in [0.717, 1.165) is 20.9 Å². The second kappa shape index (κ2) is 8.35. The molecular weight excluding hydrogens is 427 g/mol. The highest BCUT2D eigenvalue weighted by atomic mass is 32.2. The lowest BCUT2D eigenvalue weighted by atomic mass is 10.1. The fraction of sp³-hybridized carbons (Fsp3) is 0.0909. The lowest BCUT2D eigenvalue weighted by Gasteiger charge is -2.13. The first-order valence-corrected chi connectivity index (χ1v) is 9.95. The van der Waals surface area contributed by atoms with E-state index in [2.05, 4.69) is 9.84 Å². The van der Waals surface area contributed by atoms with Crippen LogP contribution in [0.4, 0.5) is 13.2 Å². The van der Waals surface area contributed by atoms with Crippen LogP contribution in [0.15, 0.2) is 93.8 Å². The fourth-order valence-electron chi connectivity index (χ4n) is 3.00. The summed E-state index contributed by atoms with van der Waals surface area (Å²) in [5.41, 5.74) is 1.69. The molecule has 0 N–H and O–H groups in total. The molecule has 0 radical (unpaired) electrons. The Hall–Kier alpha value is -3.46. The lowest BCUT2D eigenvalue weighted by molar-refractivity contribution is -0.274. The zero-order chi connectivity index (χ0) is 22.0. The number of aromatic nitrogens is 3. The number of hydrogen-bond acceptors (Lipinski definition) is 4. The number of alkyl halides is 3. The SMILES string of the molecule is Cn1cc(-c2cn(-c3ccc(OC(F)(F)F)cc3)c(=O)cc2Sc2ccccc2)cn1. The van der Waals surface area contributed by atoms with Crippen LogP contribution >= 0.6 is 11.8 Å². The predicted molar refractivity (Wildman–Crippen MR) is 111 cm³/mol. The Morgan fingerprint density at radius 3 is 2.32 bits per heavy atom. The van der Waals surface area contributed by atoms with E-state index >= 15 is 0 Å². The predicted octanol–water partition coefficient (Wildman–Crippen LogP) is 5.29. The summed E-state index contributed by atoms with van der Waals surface area (Å²) in [5, 5.41) is 4.21. The van der Waals surface area contributed by atoms with Crippen molar-refractivity contribution in [3.8, 4) is 22.6 Å². The molecule has 0 aliphatic rings. The van der Waals surface area contributed by atoms with Gasteiger partial charge in [-0.25, -0.2) is 0 Å². The molecule has 2 aromatic carbocycles. The molecule has 31 heavy (non-hydrogen) atoms. The van der Waals surface area contributed by atoms with E-state index in [-0.39, 0.29) is 11.3 Å². The van der Waals surface area contributed by atoms with Gasteiger partial charge in [0.2, 0.25) is 0 Å². The van der Waals surface area contributed by atoms with Crippen molar-refractivity contribution >= 4 is 11.8 Å². The van der Waals surface area contributed by atoms with Crippen molar-refractivity contribution in [1.82, 2.24) is 14.3 Å². The molecule has 0 spiro atoms. The van der Waals surface area contributed by atoms with Crippen molar-refractivity contribution < 1.29 is 17.9 Å². The first kappa shape index (κ1) is 20.8. The Kier molecular flexibility index (Phi) is 5.60. The van der Waals surface area contributed by atoms with Crippen LogP contribution in [0.1, 0.15) is 0 Å². The summed E-state index contributed by atoms with van der Waals surface area (Å²) >= 11 is 1.45. The van der Waals surface area contributed by atoms with Crippen LogP contribution in [0.5, 0.6) is 5.75 Å². The van der Waals surface area contributed by atoms with Crippen molar-refractivity contribution in [3.63, 3.8) is 0 Å². The molecule has 4 aromatic rings. The van der Waals surface area contributed by atoms with Crippen molar-refractivity contribution in [2.45, 2.75) is 16.2 Å². The van der Waals surface area contributed by atoms with Gasteiger partial charge in [-0.3, -0.25) is 14.0 Å². The van der Waals surface area contributed by atoms with Gasteiger partial charge >= 0.3 is 6.36 Å². The molecule has 5 nitrogen and oxygen atoms in total. The summed E-state index contributed by atoms with van der Waals surface area (Å²) in [5.74, 6) is -0.354. The zero-order valence-corrected chi connectivity index (χ0v) is 17.0. The number of pyridine rings is 1. The maximum Gasteiger partial charge on any atom is 0.573 e. The van der Waals surface area contributed by atoms with E-state index in [1.165, 1.54) is 46.7 Å². The Morgan fingerprint density at radius 1 is 1.00 bits per heavy atom. The molecule has 2 heterocycles. The molecule has 0 aliphatic carbocycles. The molecule has 158 valence electrons. The van der Waals surface area contributed by atoms with Crippen molar-refractivity contribution in [3.05, 3.63) is 89.6 Å². The molecule has 0 atom stereocenters. The number of benzene rings is 2. The van der Waals surface area contributed by atoms with Gasteiger partial charge in [-0.2, -0.15) is 5.10 Å². The average Bonchev–Trinajstić information content (AvgIpc) is 3.15. The highest BCUT2D eigenvalue weighted by Crippen LogP contribution is 2.35. The Morgan fingerprint density at radius 2 is 1.71 bits per heavy atom. The fourth-order valence-corrected chi connectivity index (χ4v) is 3.99. The lowest BCUT2D eigenvalue weighted by Crippen LogP contribution is -2.18. The molecule has 0 fully saturated rings. The van der Waals surface area contributed by atoms with Gasteiger partial charge in [0.25, 0.3) is 5.56 Å². The molecule has 2 aromatic heterocycles. The molecule has 0 bridgehead atoms. The van der Waals surface area contributed by atoms with Gasteiger partial charge in [-0.15, -0.1) is 13.2 Å². The Balaban J connectivity index is 1.77. The van der Waals surface area contributed by atoms with Crippen LogP contribution in [0.3, 0.4) is 0 Å². The third-order valence-corrected chi connectivity index (χ3v) is 5.42. The third kappa shape index (κ3) is 5.00. The standard InChI is InChI=1S/C22H16F3N3O2S/c1-27-13-15(12-26-27)19-14-28(16-7-9-17(10-8-16)30-22(23,24)25)21(29)11-20(19)31-18-5-3-2-4-6-18/h2-14H,1H3. The van der Waals surface area contributed by atoms with Gasteiger partial charge in [0.15, 0.2) is 0 Å². The van der Waals surface area contributed by atoms with Gasteiger partial charge < -0.3 is 4.74 Å². The monoisotopic (exact) mass is 443 g/mol. The number of nitrogens with zero attached hydrogens (tertiary/aromatic N) is 3. The first-order valence-electron chi connectivity index (χ1n) is 9.13. The number of halogens is 3. The van der Waals surface area contributed by atoms with Crippen molar-refractivity contribution in [2.24, 2.45) is 7.05 Å². The second-order valence-electron chi connectivity index (χ2n) is 6.62. The smallest absolute Gasteiger partial charge is 0.406 e. The van der Waals surface area contributed by atoms with Crippen LogP contribution in [-0.4, -0.2) is 20.7 Å². The Bertz CT molecular complexity index is 1250. The minimum absolute atomic E-state index is 0.310. The minimum Gasteiger partial charge on any atom is -0.406 e. The molecule has 0 aliphatic heterocycles. The van der Waals surface area contributed by atoms with Gasteiger partial charge in [0.05, 0.1) is 6.20 Å². The number of ether oxygens (including phenoxy) is 1. The number of hydrogen-bond donors (Lipinski definition) is 0. The maximum atomic E-state index is 12.9. The van der Waals surface area contributed by atoms with Crippen LogP contribution in [0.2, 0.25) is 0 Å². The average molecular weight is 443 g/mol. The van der Waals surface area contributed by atoms with E-state index in [1.54, 1.807) is 24.1 Å². The van der Waals surface area contributed by atoms with Gasteiger partial charge in [0.1, 0.15) is 5.75 Å². The molecule has 0 saturated carbocycles. The molecule has 0 saturated heterocycles. The third-order valence-electron chi connectivity index (χ3n) is 4.35. The normalized spacial score (nSPS) is 11.5. The van der Waals surface area contributed by atoms with Crippen LogP contribution in [0.25, 0.3) is 16.8 Å². The second-order valence-corrected chi connectivity index (χ2v) is 7.73. The minimum atomic E-state index is -4.78. The van der Waals surface area contributed by atoms with E-state index in [9.17, 15) is 18.0 Å². The summed E-state index contributed by atoms with van der Waals surface area (Å²) in [7, 11) is 1.79. The van der Waals surface area contributed by atoms with Gasteiger partial charge in [0, 0.05) is 52.1 Å². The summed E-state index contributed by atoms with van der Waals surface area (Å²) in [6.45, 7) is 0. The summed E-state index contributed by atoms with van der Waals surface area (Å²) in [6.07, 6.45) is 0.422.